The van der Waals surface area contributed by atoms with Crippen molar-refractivity contribution >= 4 is 29.7 Å². The van der Waals surface area contributed by atoms with Crippen LogP contribution >= 0.6 is 0 Å². The van der Waals surface area contributed by atoms with Gasteiger partial charge in [0.25, 0.3) is 0 Å². The summed E-state index contributed by atoms with van der Waals surface area (Å²) in [5.74, 6) is -2.11. The highest BCUT2D eigenvalue weighted by Crippen LogP contribution is 2.56. The summed E-state index contributed by atoms with van der Waals surface area (Å²) in [6, 6.07) is 5.68. The first kappa shape index (κ1) is 33.6. The molecule has 0 unspecified atom stereocenters. The Bertz CT molecular complexity index is 1870. The summed E-state index contributed by atoms with van der Waals surface area (Å²) in [4.78, 5) is 44.8. The second-order valence-electron chi connectivity index (χ2n) is 13.1. The summed E-state index contributed by atoms with van der Waals surface area (Å²) in [7, 11) is 0. The van der Waals surface area contributed by atoms with Crippen molar-refractivity contribution in [3.05, 3.63) is 67.9 Å². The number of hydrogen-bond donors (Lipinski definition) is 3. The Morgan fingerprint density at radius 1 is 1.15 bits per heavy atom. The average molecular weight is 660 g/mol. The summed E-state index contributed by atoms with van der Waals surface area (Å²) in [6.45, 7) is 6.72. The number of aliphatic hydroxyl groups is 3. The number of ether oxygens (including phenoxy) is 4. The fourth-order valence-corrected chi connectivity index (χ4v) is 7.06. The number of fused-ring (bicyclic) bond motifs is 3. The van der Waals surface area contributed by atoms with Crippen molar-refractivity contribution in [3.63, 3.8) is 0 Å². The lowest BCUT2D eigenvalue weighted by molar-refractivity contribution is -0.141. The number of aldehydes is 1. The van der Waals surface area contributed by atoms with E-state index in [1.54, 1.807) is 20.8 Å². The van der Waals surface area contributed by atoms with Crippen LogP contribution in [-0.4, -0.2) is 71.4 Å². The molecule has 3 aliphatic heterocycles. The fourth-order valence-electron chi connectivity index (χ4n) is 7.06. The Labute approximate surface area is 278 Å². The van der Waals surface area contributed by atoms with E-state index in [1.165, 1.54) is 0 Å². The second kappa shape index (κ2) is 13.3. The highest BCUT2D eigenvalue weighted by Gasteiger charge is 2.45. The molecule has 11 nitrogen and oxygen atoms in total. The number of esters is 1. The first-order chi connectivity index (χ1) is 23.1. The van der Waals surface area contributed by atoms with Gasteiger partial charge >= 0.3 is 5.97 Å². The van der Waals surface area contributed by atoms with Crippen molar-refractivity contribution in [1.29, 1.82) is 0 Å². The lowest BCUT2D eigenvalue weighted by Gasteiger charge is -2.34. The number of ketones is 1. The maximum Gasteiger partial charge on any atom is 0.375 e. The van der Waals surface area contributed by atoms with Gasteiger partial charge < -0.3 is 34.3 Å². The highest BCUT2D eigenvalue weighted by molar-refractivity contribution is 6.11. The molecule has 1 aliphatic carbocycles. The summed E-state index contributed by atoms with van der Waals surface area (Å²) < 4.78 is 24.2. The van der Waals surface area contributed by atoms with Crippen LogP contribution in [0.25, 0.3) is 11.6 Å². The molecular weight excluding hydrogens is 618 g/mol. The number of allylic oxidation sites excluding steroid dienone is 3. The maximum atomic E-state index is 13.8. The van der Waals surface area contributed by atoms with Gasteiger partial charge in [-0.15, -0.1) is 0 Å². The first-order valence-electron chi connectivity index (χ1n) is 16.5. The molecule has 2 aromatic carbocycles. The molecule has 1 saturated carbocycles. The SMILES string of the molecule is CCCOc1c2c(c(CO)c3c1/C(=C1/C[C@H](CO)C(=O)[C@@H](c4ccc5c(c4)=CCN=5)C1)C(C=O)=C(C(=O)OCC)O3)O[C@H](C(C)(C)O)C2. The molecule has 11 heteroatoms. The zero-order chi connectivity index (χ0) is 34.3. The first-order valence-corrected chi connectivity index (χ1v) is 16.5. The third kappa shape index (κ3) is 5.73. The molecular formula is C37H41NO10. The molecule has 3 N–H and O–H groups in total. The number of benzene rings is 2. The molecule has 0 bridgehead atoms. The number of hydrogen-bond acceptors (Lipinski definition) is 11. The molecule has 48 heavy (non-hydrogen) atoms. The summed E-state index contributed by atoms with van der Waals surface area (Å²) in [6.07, 6.45) is 3.01. The largest absolute Gasteiger partial charge is 0.492 e. The van der Waals surface area contributed by atoms with E-state index < -0.39 is 42.7 Å². The van der Waals surface area contributed by atoms with E-state index in [0.29, 0.717) is 47.3 Å². The van der Waals surface area contributed by atoms with E-state index in [2.05, 4.69) is 4.99 Å². The number of carbonyl (C=O) groups is 3. The number of nitrogens with zero attached hydrogens (tertiary/aromatic N) is 1. The Morgan fingerprint density at radius 2 is 1.94 bits per heavy atom. The molecule has 0 aromatic heterocycles. The maximum absolute atomic E-state index is 13.8. The molecule has 2 aromatic rings. The lowest BCUT2D eigenvalue weighted by atomic mass is 9.71. The zero-order valence-corrected chi connectivity index (χ0v) is 27.6. The van der Waals surface area contributed by atoms with Gasteiger partial charge in [0.15, 0.2) is 6.29 Å². The Balaban J connectivity index is 1.65. The number of carbonyl (C=O) groups excluding carboxylic acids is 3. The molecule has 0 saturated heterocycles. The Kier molecular flexibility index (Phi) is 9.30. The van der Waals surface area contributed by atoms with Crippen LogP contribution < -0.4 is 24.8 Å². The minimum Gasteiger partial charge on any atom is -0.492 e. The lowest BCUT2D eigenvalue weighted by Crippen LogP contribution is -2.39. The molecule has 3 atom stereocenters. The quantitative estimate of drug-likeness (QED) is 0.255. The molecule has 0 radical (unpaired) electrons. The van der Waals surface area contributed by atoms with Crippen LogP contribution in [0.15, 0.2) is 40.1 Å². The van der Waals surface area contributed by atoms with Gasteiger partial charge in [0, 0.05) is 29.4 Å². The number of rotatable bonds is 10. The standard InChI is InChI=1S/C37H41NO10/c1-5-11-46-33-24-15-28(37(3,4)44)47-32(24)26(18-41)34-30(33)29(25(17-40)35(48-34)36(43)45-6-2)21-13-22(16-39)31(42)23(14-21)19-7-8-27-20(12-19)9-10-38-27/h7-9,12,17,22-23,28,39,41,44H,5-6,10-11,13-16,18H2,1-4H3/b29-21-/t22-,23-,28+/m1/s1. The minimum absolute atomic E-state index is 0.0136. The summed E-state index contributed by atoms with van der Waals surface area (Å²) >= 11 is 0. The van der Waals surface area contributed by atoms with E-state index in [4.69, 9.17) is 18.9 Å². The molecule has 6 rings (SSSR count). The average Bonchev–Trinajstić information content (AvgIpc) is 3.74. The van der Waals surface area contributed by atoms with E-state index in [9.17, 15) is 29.7 Å². The fraction of sp³-hybridized carbons (Fsp3) is 0.459. The van der Waals surface area contributed by atoms with Gasteiger partial charge in [-0.05, 0) is 62.9 Å². The summed E-state index contributed by atoms with van der Waals surface area (Å²) in [5, 5.41) is 33.9. The minimum atomic E-state index is -1.26. The second-order valence-corrected chi connectivity index (χ2v) is 13.1. The van der Waals surface area contributed by atoms with Crippen LogP contribution in [0.4, 0.5) is 0 Å². The number of Topliss-reactive ketones (excluding diaryl/α,β-unsaturated/α-hetero) is 1. The van der Waals surface area contributed by atoms with E-state index in [0.717, 1.165) is 16.1 Å². The van der Waals surface area contributed by atoms with Crippen molar-refractivity contribution in [2.24, 2.45) is 10.9 Å². The molecule has 254 valence electrons. The highest BCUT2D eigenvalue weighted by atomic mass is 16.6. The van der Waals surface area contributed by atoms with Crippen LogP contribution in [0.5, 0.6) is 17.2 Å². The molecule has 4 aliphatic rings. The molecule has 3 heterocycles. The Morgan fingerprint density at radius 3 is 2.60 bits per heavy atom. The van der Waals surface area contributed by atoms with Crippen LogP contribution in [-0.2, 0) is 32.1 Å². The normalized spacial score (nSPS) is 22.9. The van der Waals surface area contributed by atoms with Gasteiger partial charge in [-0.25, -0.2) is 4.79 Å². The van der Waals surface area contributed by atoms with Crippen LogP contribution in [0.3, 0.4) is 0 Å². The van der Waals surface area contributed by atoms with Crippen molar-refractivity contribution in [3.8, 4) is 17.2 Å². The monoisotopic (exact) mass is 659 g/mol. The smallest absolute Gasteiger partial charge is 0.375 e. The van der Waals surface area contributed by atoms with Crippen molar-refractivity contribution < 1.29 is 48.7 Å². The summed E-state index contributed by atoms with van der Waals surface area (Å²) in [5.41, 5.74) is 1.56. The van der Waals surface area contributed by atoms with E-state index >= 15 is 0 Å². The zero-order valence-electron chi connectivity index (χ0n) is 27.6. The predicted octanol–water partition coefficient (Wildman–Crippen LogP) is 2.37. The van der Waals surface area contributed by atoms with Crippen LogP contribution in [0, 0.1) is 5.92 Å². The van der Waals surface area contributed by atoms with Gasteiger partial charge in [0.2, 0.25) is 5.76 Å². The molecule has 1 fully saturated rings. The van der Waals surface area contributed by atoms with Crippen LogP contribution in [0.1, 0.15) is 75.1 Å². The third-order valence-electron chi connectivity index (χ3n) is 9.43. The predicted molar refractivity (Wildman–Crippen MR) is 174 cm³/mol. The van der Waals surface area contributed by atoms with Gasteiger partial charge in [0.1, 0.15) is 29.1 Å². The van der Waals surface area contributed by atoms with Crippen molar-refractivity contribution in [1.82, 2.24) is 0 Å². The number of aliphatic hydroxyl groups excluding tert-OH is 2. The van der Waals surface area contributed by atoms with Gasteiger partial charge in [-0.2, -0.15) is 0 Å². The van der Waals surface area contributed by atoms with Gasteiger partial charge in [-0.1, -0.05) is 24.6 Å². The topological polar surface area (TPSA) is 161 Å². The van der Waals surface area contributed by atoms with Gasteiger partial charge in [-0.3, -0.25) is 14.6 Å². The van der Waals surface area contributed by atoms with E-state index in [1.807, 2.05) is 31.2 Å². The van der Waals surface area contributed by atoms with E-state index in [-0.39, 0.29) is 66.7 Å². The van der Waals surface area contributed by atoms with Crippen LogP contribution in [0.2, 0.25) is 0 Å². The van der Waals surface area contributed by atoms with Crippen molar-refractivity contribution in [2.45, 2.75) is 77.6 Å². The third-order valence-corrected chi connectivity index (χ3v) is 9.43. The van der Waals surface area contributed by atoms with Crippen molar-refractivity contribution in [2.75, 3.05) is 26.4 Å². The molecule has 0 amide bonds. The van der Waals surface area contributed by atoms with Gasteiger partial charge in [0.05, 0.1) is 60.6 Å². The Hall–Kier alpha value is -4.32. The molecule has 0 spiro atoms.